The van der Waals surface area contributed by atoms with Gasteiger partial charge in [-0.05, 0) is 37.3 Å². The fraction of sp³-hybridized carbons (Fsp3) is 0.125. The zero-order valence-electron chi connectivity index (χ0n) is 11.4. The molecule has 1 amide bonds. The highest BCUT2D eigenvalue weighted by molar-refractivity contribution is 6.04. The topological polar surface area (TPSA) is 62.2 Å². The number of anilines is 1. The van der Waals surface area contributed by atoms with Gasteiger partial charge in [0.2, 0.25) is 0 Å². The second kappa shape index (κ2) is 6.64. The third-order valence-electron chi connectivity index (χ3n) is 2.78. The zero-order valence-corrected chi connectivity index (χ0v) is 11.4. The number of amides is 1. The lowest BCUT2D eigenvalue weighted by atomic mass is 10.1. The van der Waals surface area contributed by atoms with Crippen molar-refractivity contribution in [3.8, 4) is 11.8 Å². The smallest absolute Gasteiger partial charge is 0.258 e. The van der Waals surface area contributed by atoms with Gasteiger partial charge in [-0.3, -0.25) is 9.78 Å². The van der Waals surface area contributed by atoms with Crippen LogP contribution in [0.15, 0.2) is 36.5 Å². The Labute approximate surface area is 121 Å². The molecule has 2 aromatic rings. The van der Waals surface area contributed by atoms with Crippen molar-refractivity contribution >= 4 is 11.6 Å². The monoisotopic (exact) mass is 284 g/mol. The standard InChI is InChI=1S/C16H13FN2O2/c1-11-15(5-2-8-18-11)19-16(21)13-7-6-12(4-3-9-20)10-14(13)17/h2,5-8,10,20H,9H2,1H3,(H,19,21). The molecule has 4 nitrogen and oxygen atoms in total. The van der Waals surface area contributed by atoms with Crippen molar-refractivity contribution in [2.24, 2.45) is 0 Å². The highest BCUT2D eigenvalue weighted by atomic mass is 19.1. The molecule has 5 heteroatoms. The fourth-order valence-corrected chi connectivity index (χ4v) is 1.72. The number of carbonyl (C=O) groups excluding carboxylic acids is 1. The molecule has 21 heavy (non-hydrogen) atoms. The summed E-state index contributed by atoms with van der Waals surface area (Å²) in [6, 6.07) is 7.42. The highest BCUT2D eigenvalue weighted by Crippen LogP contribution is 2.15. The summed E-state index contributed by atoms with van der Waals surface area (Å²) in [6.07, 6.45) is 1.61. The van der Waals surface area contributed by atoms with Crippen LogP contribution >= 0.6 is 0 Å². The van der Waals surface area contributed by atoms with Crippen LogP contribution in [0, 0.1) is 24.6 Å². The van der Waals surface area contributed by atoms with Crippen molar-refractivity contribution in [1.29, 1.82) is 0 Å². The molecule has 2 rings (SSSR count). The Hall–Kier alpha value is -2.71. The molecule has 0 saturated heterocycles. The van der Waals surface area contributed by atoms with Crippen LogP contribution in [0.2, 0.25) is 0 Å². The van der Waals surface area contributed by atoms with E-state index >= 15 is 0 Å². The van der Waals surface area contributed by atoms with Gasteiger partial charge in [-0.25, -0.2) is 4.39 Å². The number of aliphatic hydroxyl groups is 1. The predicted molar refractivity (Wildman–Crippen MR) is 77.3 cm³/mol. The van der Waals surface area contributed by atoms with Crippen LogP contribution in [0.25, 0.3) is 0 Å². The third kappa shape index (κ3) is 3.65. The molecule has 1 heterocycles. The fourth-order valence-electron chi connectivity index (χ4n) is 1.72. The average molecular weight is 284 g/mol. The average Bonchev–Trinajstić information content (AvgIpc) is 2.47. The minimum atomic E-state index is -0.668. The van der Waals surface area contributed by atoms with E-state index in [1.807, 2.05) is 0 Å². The SMILES string of the molecule is Cc1ncccc1NC(=O)c1ccc(C#CCO)cc1F. The van der Waals surface area contributed by atoms with E-state index < -0.39 is 11.7 Å². The molecule has 0 unspecified atom stereocenters. The third-order valence-corrected chi connectivity index (χ3v) is 2.78. The molecule has 0 bridgehead atoms. The molecule has 0 aliphatic carbocycles. The number of nitrogens with zero attached hydrogens (tertiary/aromatic N) is 1. The summed E-state index contributed by atoms with van der Waals surface area (Å²) >= 11 is 0. The summed E-state index contributed by atoms with van der Waals surface area (Å²) in [4.78, 5) is 16.1. The van der Waals surface area contributed by atoms with Crippen molar-refractivity contribution in [2.75, 3.05) is 11.9 Å². The molecule has 0 spiro atoms. The molecule has 0 atom stereocenters. The van der Waals surface area contributed by atoms with Crippen molar-refractivity contribution in [1.82, 2.24) is 4.98 Å². The van der Waals surface area contributed by atoms with E-state index in [1.165, 1.54) is 12.1 Å². The van der Waals surface area contributed by atoms with Crippen LogP contribution in [0.5, 0.6) is 0 Å². The maximum Gasteiger partial charge on any atom is 0.258 e. The van der Waals surface area contributed by atoms with Gasteiger partial charge in [-0.15, -0.1) is 0 Å². The molecule has 0 aliphatic rings. The van der Waals surface area contributed by atoms with Gasteiger partial charge >= 0.3 is 0 Å². The van der Waals surface area contributed by atoms with Gasteiger partial charge in [0.15, 0.2) is 0 Å². The number of halogens is 1. The molecule has 1 aromatic carbocycles. The Morgan fingerprint density at radius 1 is 1.43 bits per heavy atom. The number of aryl methyl sites for hydroxylation is 1. The zero-order chi connectivity index (χ0) is 15.2. The normalized spacial score (nSPS) is 9.67. The van der Waals surface area contributed by atoms with Gasteiger partial charge in [0.25, 0.3) is 5.91 Å². The van der Waals surface area contributed by atoms with Crippen LogP contribution in [0.1, 0.15) is 21.6 Å². The van der Waals surface area contributed by atoms with Crippen LogP contribution in [0.4, 0.5) is 10.1 Å². The Kier molecular flexibility index (Phi) is 4.64. The lowest BCUT2D eigenvalue weighted by molar-refractivity contribution is 0.102. The largest absolute Gasteiger partial charge is 0.384 e. The first-order chi connectivity index (χ1) is 10.1. The minimum Gasteiger partial charge on any atom is -0.384 e. The number of aromatic nitrogens is 1. The summed E-state index contributed by atoms with van der Waals surface area (Å²) in [7, 11) is 0. The Balaban J connectivity index is 2.22. The number of nitrogens with one attached hydrogen (secondary N) is 1. The number of benzene rings is 1. The molecule has 0 saturated carbocycles. The molecule has 0 fully saturated rings. The molecule has 0 aliphatic heterocycles. The Morgan fingerprint density at radius 2 is 2.24 bits per heavy atom. The van der Waals surface area contributed by atoms with Crippen LogP contribution in [0.3, 0.4) is 0 Å². The highest BCUT2D eigenvalue weighted by Gasteiger charge is 2.13. The first-order valence-electron chi connectivity index (χ1n) is 6.24. The lowest BCUT2D eigenvalue weighted by Crippen LogP contribution is -2.15. The van der Waals surface area contributed by atoms with Crippen molar-refractivity contribution in [3.05, 3.63) is 59.2 Å². The molecular formula is C16H13FN2O2. The van der Waals surface area contributed by atoms with Crippen LogP contribution < -0.4 is 5.32 Å². The molecule has 0 radical (unpaired) electrons. The summed E-state index contributed by atoms with van der Waals surface area (Å²) < 4.78 is 13.9. The van der Waals surface area contributed by atoms with Crippen molar-refractivity contribution < 1.29 is 14.3 Å². The van der Waals surface area contributed by atoms with Crippen molar-refractivity contribution in [2.45, 2.75) is 6.92 Å². The van der Waals surface area contributed by atoms with Crippen LogP contribution in [-0.2, 0) is 0 Å². The second-order valence-electron chi connectivity index (χ2n) is 4.25. The number of carbonyl (C=O) groups is 1. The number of hydrogen-bond donors (Lipinski definition) is 2. The maximum absolute atomic E-state index is 13.9. The van der Waals surface area contributed by atoms with Crippen LogP contribution in [-0.4, -0.2) is 22.6 Å². The van der Waals surface area contributed by atoms with Gasteiger partial charge < -0.3 is 10.4 Å². The van der Waals surface area contributed by atoms with Gasteiger partial charge in [-0.1, -0.05) is 11.8 Å². The maximum atomic E-state index is 13.9. The quantitative estimate of drug-likeness (QED) is 0.830. The first-order valence-corrected chi connectivity index (χ1v) is 6.24. The minimum absolute atomic E-state index is 0.0761. The van der Waals surface area contributed by atoms with Gasteiger partial charge in [0.1, 0.15) is 12.4 Å². The number of pyridine rings is 1. The summed E-state index contributed by atoms with van der Waals surface area (Å²) in [5.74, 6) is 3.78. The Bertz CT molecular complexity index is 733. The number of rotatable bonds is 2. The van der Waals surface area contributed by atoms with E-state index in [4.69, 9.17) is 5.11 Å². The summed E-state index contributed by atoms with van der Waals surface area (Å²) in [5.41, 5.74) is 1.51. The molecule has 106 valence electrons. The lowest BCUT2D eigenvalue weighted by Gasteiger charge is -2.08. The van der Waals surface area contributed by atoms with E-state index in [0.717, 1.165) is 6.07 Å². The van der Waals surface area contributed by atoms with E-state index in [0.29, 0.717) is 16.9 Å². The van der Waals surface area contributed by atoms with E-state index in [1.54, 1.807) is 25.3 Å². The van der Waals surface area contributed by atoms with Crippen molar-refractivity contribution in [3.63, 3.8) is 0 Å². The van der Waals surface area contributed by atoms with E-state index in [-0.39, 0.29) is 12.2 Å². The van der Waals surface area contributed by atoms with E-state index in [2.05, 4.69) is 22.1 Å². The van der Waals surface area contributed by atoms with Gasteiger partial charge in [0, 0.05) is 11.8 Å². The number of aliphatic hydroxyl groups excluding tert-OH is 1. The second-order valence-corrected chi connectivity index (χ2v) is 4.25. The summed E-state index contributed by atoms with van der Waals surface area (Å²) in [5, 5.41) is 11.2. The van der Waals surface area contributed by atoms with Gasteiger partial charge in [0.05, 0.1) is 16.9 Å². The molecule has 2 N–H and O–H groups in total. The molecular weight excluding hydrogens is 271 g/mol. The molecule has 1 aromatic heterocycles. The first kappa shape index (κ1) is 14.7. The van der Waals surface area contributed by atoms with Gasteiger partial charge in [-0.2, -0.15) is 0 Å². The number of hydrogen-bond acceptors (Lipinski definition) is 3. The van der Waals surface area contributed by atoms with E-state index in [9.17, 15) is 9.18 Å². The Morgan fingerprint density at radius 3 is 2.90 bits per heavy atom. The summed E-state index contributed by atoms with van der Waals surface area (Å²) in [6.45, 7) is 1.45. The predicted octanol–water partition coefficient (Wildman–Crippen LogP) is 2.13.